The van der Waals surface area contributed by atoms with Crippen LogP contribution >= 0.6 is 7.82 Å². The highest BCUT2D eigenvalue weighted by Gasteiger charge is 2.55. The molecule has 8 fully saturated rings. The lowest BCUT2D eigenvalue weighted by Crippen LogP contribution is -2.56. The smallest absolute Gasteiger partial charge is 0.303 e. The summed E-state index contributed by atoms with van der Waals surface area (Å²) in [6.45, 7) is 1.05. The second-order valence-electron chi connectivity index (χ2n) is 13.2. The molecule has 0 saturated heterocycles. The Labute approximate surface area is 214 Å². The third-order valence-electron chi connectivity index (χ3n) is 9.88. The Kier molecular flexibility index (Phi) is 7.04. The first kappa shape index (κ1) is 27.5. The molecule has 8 aliphatic carbocycles. The molecule has 8 rings (SSSR count). The molecule has 1 atom stereocenters. The number of hydrogen-bond acceptors (Lipinski definition) is 6. The number of nitrogens with zero attached hydrogens (tertiary/aromatic N) is 1. The maximum absolute atomic E-state index is 13.5. The van der Waals surface area contributed by atoms with Crippen molar-refractivity contribution in [3.8, 4) is 0 Å². The predicted molar refractivity (Wildman–Crippen MR) is 132 cm³/mol. The van der Waals surface area contributed by atoms with Crippen molar-refractivity contribution in [3.63, 3.8) is 0 Å². The highest BCUT2D eigenvalue weighted by Crippen LogP contribution is 2.62. The summed E-state index contributed by atoms with van der Waals surface area (Å²) in [6, 6.07) is 0. The molecule has 14 heteroatoms. The molecule has 0 heterocycles. The minimum atomic E-state index is -4.64. The van der Waals surface area contributed by atoms with Crippen LogP contribution in [-0.4, -0.2) is 44.7 Å². The van der Waals surface area contributed by atoms with Crippen LogP contribution in [-0.2, 0) is 28.7 Å². The molecule has 8 aliphatic rings. The molecule has 11 nitrogen and oxygen atoms in total. The molecular weight excluding hydrogens is 529 g/mol. The molecule has 8 saturated carbocycles. The predicted octanol–water partition coefficient (Wildman–Crippen LogP) is 2.89. The summed E-state index contributed by atoms with van der Waals surface area (Å²) in [5, 5.41) is 5.11. The fraction of sp³-hybridized carbons (Fsp3) is 1.00. The van der Waals surface area contributed by atoms with E-state index < -0.39 is 28.3 Å². The van der Waals surface area contributed by atoms with Crippen LogP contribution in [0.5, 0.6) is 0 Å². The third-order valence-corrected chi connectivity index (χ3v) is 12.3. The van der Waals surface area contributed by atoms with Gasteiger partial charge in [0.25, 0.3) is 0 Å². The van der Waals surface area contributed by atoms with Gasteiger partial charge in [0.05, 0.1) is 0 Å². The van der Waals surface area contributed by atoms with Gasteiger partial charge in [0.1, 0.15) is 0 Å². The summed E-state index contributed by atoms with van der Waals surface area (Å²) in [5.74, 6) is 4.46. The fourth-order valence-electron chi connectivity index (χ4n) is 10.1. The highest BCUT2D eigenvalue weighted by atomic mass is 32.3. The van der Waals surface area contributed by atoms with Crippen LogP contribution in [0.1, 0.15) is 77.0 Å². The van der Waals surface area contributed by atoms with Gasteiger partial charge in [-0.1, -0.05) is 0 Å². The average molecular weight is 570 g/mol. The topological polar surface area (TPSA) is 191 Å². The highest BCUT2D eigenvalue weighted by molar-refractivity contribution is 7.98. The van der Waals surface area contributed by atoms with Crippen LogP contribution in [0.4, 0.5) is 0 Å². The Morgan fingerprint density at radius 3 is 1.22 bits per heavy atom. The Balaban J connectivity index is 0.000000489. The lowest BCUT2D eigenvalue weighted by Gasteiger charge is -2.60. The summed E-state index contributed by atoms with van der Waals surface area (Å²) < 4.78 is 60.7. The van der Waals surface area contributed by atoms with Gasteiger partial charge in [0.2, 0.25) is 10.2 Å². The molecule has 1 unspecified atom stereocenters. The summed E-state index contributed by atoms with van der Waals surface area (Å²) in [5.41, 5.74) is 0.116. The molecule has 0 aromatic carbocycles. The van der Waals surface area contributed by atoms with Crippen LogP contribution in [0.15, 0.2) is 0 Å². The van der Waals surface area contributed by atoms with Gasteiger partial charge in [-0.2, -0.15) is 12.7 Å². The van der Waals surface area contributed by atoms with Crippen LogP contribution < -0.4 is 5.14 Å². The van der Waals surface area contributed by atoms with Crippen molar-refractivity contribution in [1.29, 1.82) is 4.78 Å². The molecule has 0 spiro atoms. The first-order valence-corrected chi connectivity index (χ1v) is 17.5. The van der Waals surface area contributed by atoms with Gasteiger partial charge in [-0.25, -0.2) is 18.7 Å². The van der Waals surface area contributed by atoms with E-state index in [2.05, 4.69) is 0 Å². The van der Waals surface area contributed by atoms with Gasteiger partial charge < -0.3 is 14.7 Å². The Bertz CT molecular complexity index is 997. The molecular formula is C22H40N3O8PS2. The van der Waals surface area contributed by atoms with E-state index in [4.69, 9.17) is 32.8 Å². The molecule has 0 amide bonds. The lowest BCUT2D eigenvalue weighted by molar-refractivity contribution is -0.0826. The average Bonchev–Trinajstić information content (AvgIpc) is 2.61. The first-order chi connectivity index (χ1) is 16.5. The second kappa shape index (κ2) is 9.23. The minimum Gasteiger partial charge on any atom is -0.303 e. The molecule has 6 N–H and O–H groups in total. The molecule has 208 valence electrons. The van der Waals surface area contributed by atoms with Gasteiger partial charge in [-0.15, -0.1) is 3.63 Å². The van der Waals surface area contributed by atoms with Crippen molar-refractivity contribution in [2.24, 2.45) is 51.5 Å². The van der Waals surface area contributed by atoms with Crippen molar-refractivity contribution in [2.45, 2.75) is 77.0 Å². The number of hydrogen-bond donors (Lipinski definition) is 5. The number of nitrogens with two attached hydrogens (primary N) is 1. The van der Waals surface area contributed by atoms with Crippen LogP contribution in [0.25, 0.3) is 0 Å². The van der Waals surface area contributed by atoms with E-state index in [1.165, 1.54) is 38.5 Å². The van der Waals surface area contributed by atoms with Gasteiger partial charge in [0.15, 0.2) is 0 Å². The Morgan fingerprint density at radius 2 is 1.00 bits per heavy atom. The van der Waals surface area contributed by atoms with E-state index in [9.17, 15) is 12.6 Å². The van der Waals surface area contributed by atoms with Crippen LogP contribution in [0.3, 0.4) is 0 Å². The standard InChI is InChI=1S/C22H37N3O4S2.H3O4P/c23-30(26,29-31(24,27)28)25(13-21-7-15-1-16(8-21)3-17(2-15)9-21)14-22-10-18-4-19(11-22)6-20(5-18)12-22;1-5(2,3)4/h15-20,23H,1-14H2,(H2,24,27,28);(H3,1,2,3,4). The Morgan fingerprint density at radius 1 is 0.750 bits per heavy atom. The van der Waals surface area contributed by atoms with E-state index in [1.54, 1.807) is 4.31 Å². The van der Waals surface area contributed by atoms with Crippen molar-refractivity contribution in [1.82, 2.24) is 4.31 Å². The molecule has 0 aromatic heterocycles. The SMILES string of the molecule is N=S(=O)(OS(N)(=O)=O)N(CC12CC3CC(CC(C3)C1)C2)CC12CC3CC(CC(C3)C1)C2.O=P(O)(O)O. The summed E-state index contributed by atoms with van der Waals surface area (Å²) in [7, 11) is -13.0. The number of phosphoric acid groups is 1. The second-order valence-corrected chi connectivity index (χ2v) is 17.2. The van der Waals surface area contributed by atoms with E-state index in [0.29, 0.717) is 13.1 Å². The van der Waals surface area contributed by atoms with Gasteiger partial charge in [-0.3, -0.25) is 0 Å². The molecule has 8 bridgehead atoms. The molecule has 0 aliphatic heterocycles. The maximum Gasteiger partial charge on any atom is 0.466 e. The molecule has 0 radical (unpaired) electrons. The third kappa shape index (κ3) is 6.37. The van der Waals surface area contributed by atoms with Crippen molar-refractivity contribution in [3.05, 3.63) is 0 Å². The van der Waals surface area contributed by atoms with Gasteiger partial charge in [-0.05, 0) is 123 Å². The van der Waals surface area contributed by atoms with Crippen molar-refractivity contribution >= 4 is 28.3 Å². The summed E-state index contributed by atoms with van der Waals surface area (Å²) in [4.78, 5) is 21.6. The normalized spacial score (nSPS) is 44.4. The van der Waals surface area contributed by atoms with E-state index in [1.807, 2.05) is 0 Å². The summed E-state index contributed by atoms with van der Waals surface area (Å²) in [6.07, 6.45) is 14.7. The minimum absolute atomic E-state index is 0.0580. The van der Waals surface area contributed by atoms with Crippen molar-refractivity contribution < 1.29 is 35.5 Å². The molecule has 36 heavy (non-hydrogen) atoms. The fourth-order valence-corrected chi connectivity index (χ4v) is 12.4. The van der Waals surface area contributed by atoms with Gasteiger partial charge >= 0.3 is 18.1 Å². The number of rotatable bonds is 7. The monoisotopic (exact) mass is 569 g/mol. The zero-order chi connectivity index (χ0) is 26.1. The molecule has 0 aromatic rings. The van der Waals surface area contributed by atoms with Crippen LogP contribution in [0.2, 0.25) is 0 Å². The summed E-state index contributed by atoms with van der Waals surface area (Å²) >= 11 is 0. The maximum atomic E-state index is 13.5. The first-order valence-electron chi connectivity index (χ1n) is 13.0. The van der Waals surface area contributed by atoms with E-state index in [0.717, 1.165) is 74.0 Å². The van der Waals surface area contributed by atoms with E-state index in [-0.39, 0.29) is 10.8 Å². The van der Waals surface area contributed by atoms with Crippen molar-refractivity contribution in [2.75, 3.05) is 13.1 Å². The zero-order valence-corrected chi connectivity index (χ0v) is 23.1. The van der Waals surface area contributed by atoms with Gasteiger partial charge in [0, 0.05) is 13.1 Å². The van der Waals surface area contributed by atoms with E-state index >= 15 is 0 Å². The largest absolute Gasteiger partial charge is 0.466 e. The quantitative estimate of drug-likeness (QED) is 0.289. The van der Waals surface area contributed by atoms with Crippen LogP contribution in [0, 0.1) is 51.1 Å². The lowest BCUT2D eigenvalue weighted by atomic mass is 9.49. The number of nitrogens with one attached hydrogen (secondary N) is 1. The Hall–Kier alpha value is -0.110. The zero-order valence-electron chi connectivity index (χ0n) is 20.5.